The van der Waals surface area contributed by atoms with Crippen LogP contribution in [0.5, 0.6) is 0 Å². The van der Waals surface area contributed by atoms with Gasteiger partial charge in [0.1, 0.15) is 0 Å². The van der Waals surface area contributed by atoms with E-state index in [1.54, 1.807) is 0 Å². The van der Waals surface area contributed by atoms with Crippen molar-refractivity contribution in [3.05, 3.63) is 30.5 Å². The van der Waals surface area contributed by atoms with E-state index < -0.39 is 0 Å². The second kappa shape index (κ2) is 5.59. The molecule has 0 bridgehead atoms. The topological polar surface area (TPSA) is 41.0 Å². The van der Waals surface area contributed by atoms with Gasteiger partial charge in [-0.1, -0.05) is 18.2 Å². The quantitative estimate of drug-likeness (QED) is 0.793. The fourth-order valence-electron chi connectivity index (χ4n) is 1.91. The van der Waals surface area contributed by atoms with Gasteiger partial charge in [-0.15, -0.1) is 0 Å². The number of hydrogen-bond acceptors (Lipinski definition) is 4. The first-order valence-electron chi connectivity index (χ1n) is 5.89. The first kappa shape index (κ1) is 11.8. The summed E-state index contributed by atoms with van der Waals surface area (Å²) in [5, 5.41) is 12.5. The number of benzene rings is 1. The molecule has 0 saturated heterocycles. The molecule has 0 unspecified atom stereocenters. The molecule has 0 atom stereocenters. The maximum Gasteiger partial charge on any atom is 0.0950 e. The molecule has 0 aliphatic rings. The van der Waals surface area contributed by atoms with Gasteiger partial charge in [-0.05, 0) is 26.1 Å². The van der Waals surface area contributed by atoms with Gasteiger partial charge in [-0.3, -0.25) is 0 Å². The first-order chi connectivity index (χ1) is 8.33. The van der Waals surface area contributed by atoms with Crippen LogP contribution in [0.1, 0.15) is 6.42 Å². The normalized spacial score (nSPS) is 10.7. The summed E-state index contributed by atoms with van der Waals surface area (Å²) in [6, 6.07) is 8.11. The van der Waals surface area contributed by atoms with E-state index >= 15 is 0 Å². The van der Waals surface area contributed by atoms with Crippen LogP contribution in [0.3, 0.4) is 0 Å². The number of nitrogens with zero attached hydrogens (tertiary/aromatic N) is 3. The van der Waals surface area contributed by atoms with E-state index in [1.807, 2.05) is 31.4 Å². The van der Waals surface area contributed by atoms with E-state index in [0.29, 0.717) is 0 Å². The molecule has 2 rings (SSSR count). The number of hydrogen-bond donors (Lipinski definition) is 1. The van der Waals surface area contributed by atoms with Crippen LogP contribution in [0.15, 0.2) is 30.5 Å². The molecule has 0 aliphatic carbocycles. The highest BCUT2D eigenvalue weighted by Gasteiger charge is 2.06. The van der Waals surface area contributed by atoms with Crippen molar-refractivity contribution < 1.29 is 0 Å². The second-order valence-corrected chi connectivity index (χ2v) is 4.13. The molecule has 17 heavy (non-hydrogen) atoms. The van der Waals surface area contributed by atoms with E-state index in [1.165, 1.54) is 0 Å². The van der Waals surface area contributed by atoms with Crippen molar-refractivity contribution in [3.63, 3.8) is 0 Å². The van der Waals surface area contributed by atoms with Crippen molar-refractivity contribution in [2.75, 3.05) is 32.1 Å². The average molecular weight is 230 g/mol. The highest BCUT2D eigenvalue weighted by atomic mass is 15.1. The summed E-state index contributed by atoms with van der Waals surface area (Å²) >= 11 is 0. The molecule has 1 aromatic heterocycles. The van der Waals surface area contributed by atoms with Crippen molar-refractivity contribution in [3.8, 4) is 0 Å². The Morgan fingerprint density at radius 1 is 1.29 bits per heavy atom. The first-order valence-corrected chi connectivity index (χ1v) is 5.89. The Morgan fingerprint density at radius 3 is 2.94 bits per heavy atom. The number of anilines is 1. The van der Waals surface area contributed by atoms with Gasteiger partial charge in [0.2, 0.25) is 0 Å². The van der Waals surface area contributed by atoms with Gasteiger partial charge >= 0.3 is 0 Å². The van der Waals surface area contributed by atoms with Crippen LogP contribution < -0.4 is 10.2 Å². The van der Waals surface area contributed by atoms with Crippen LogP contribution >= 0.6 is 0 Å². The largest absolute Gasteiger partial charge is 0.373 e. The molecule has 0 spiro atoms. The maximum absolute atomic E-state index is 4.13. The molecule has 0 amide bonds. The second-order valence-electron chi connectivity index (χ2n) is 4.13. The summed E-state index contributed by atoms with van der Waals surface area (Å²) in [7, 11) is 4.07. The minimum atomic E-state index is 0.950. The van der Waals surface area contributed by atoms with Gasteiger partial charge in [-0.25, -0.2) is 0 Å². The van der Waals surface area contributed by atoms with E-state index in [2.05, 4.69) is 33.5 Å². The molecular weight excluding hydrogens is 212 g/mol. The van der Waals surface area contributed by atoms with Crippen molar-refractivity contribution in [1.29, 1.82) is 0 Å². The summed E-state index contributed by atoms with van der Waals surface area (Å²) in [6.45, 7) is 2.04. The third kappa shape index (κ3) is 2.71. The van der Waals surface area contributed by atoms with Crippen molar-refractivity contribution in [2.24, 2.45) is 0 Å². The predicted molar refractivity (Wildman–Crippen MR) is 71.4 cm³/mol. The smallest absolute Gasteiger partial charge is 0.0950 e. The lowest BCUT2D eigenvalue weighted by Gasteiger charge is -2.20. The lowest BCUT2D eigenvalue weighted by molar-refractivity contribution is 0.713. The van der Waals surface area contributed by atoms with Crippen molar-refractivity contribution in [2.45, 2.75) is 6.42 Å². The van der Waals surface area contributed by atoms with Crippen LogP contribution in [0.25, 0.3) is 10.9 Å². The fraction of sp³-hybridized carbons (Fsp3) is 0.385. The van der Waals surface area contributed by atoms with Gasteiger partial charge < -0.3 is 10.2 Å². The minimum absolute atomic E-state index is 0.950. The Bertz CT molecular complexity index is 478. The van der Waals surface area contributed by atoms with Gasteiger partial charge in [-0.2, -0.15) is 10.2 Å². The molecule has 0 saturated carbocycles. The Labute approximate surface area is 102 Å². The van der Waals surface area contributed by atoms with Crippen molar-refractivity contribution >= 4 is 16.6 Å². The molecule has 1 aromatic carbocycles. The Balaban J connectivity index is 2.22. The van der Waals surface area contributed by atoms with Crippen LogP contribution in [0.4, 0.5) is 5.69 Å². The highest BCUT2D eigenvalue weighted by Crippen LogP contribution is 2.22. The molecule has 2 aromatic rings. The Kier molecular flexibility index (Phi) is 3.88. The average Bonchev–Trinajstić information content (AvgIpc) is 2.38. The summed E-state index contributed by atoms with van der Waals surface area (Å²) in [5.41, 5.74) is 2.09. The third-order valence-electron chi connectivity index (χ3n) is 2.86. The van der Waals surface area contributed by atoms with E-state index in [4.69, 9.17) is 0 Å². The third-order valence-corrected chi connectivity index (χ3v) is 2.86. The molecule has 4 nitrogen and oxygen atoms in total. The summed E-state index contributed by atoms with van der Waals surface area (Å²) in [6.07, 6.45) is 2.95. The SMILES string of the molecule is CNCCCN(C)c1cnnc2ccccc12. The van der Waals surface area contributed by atoms with Crippen molar-refractivity contribution in [1.82, 2.24) is 15.5 Å². The zero-order valence-electron chi connectivity index (χ0n) is 10.3. The molecule has 0 aliphatic heterocycles. The lowest BCUT2D eigenvalue weighted by atomic mass is 10.2. The lowest BCUT2D eigenvalue weighted by Crippen LogP contribution is -2.22. The van der Waals surface area contributed by atoms with E-state index in [9.17, 15) is 0 Å². The zero-order chi connectivity index (χ0) is 12.1. The molecule has 1 heterocycles. The Morgan fingerprint density at radius 2 is 2.12 bits per heavy atom. The monoisotopic (exact) mass is 230 g/mol. The van der Waals surface area contributed by atoms with Gasteiger partial charge in [0.05, 0.1) is 17.4 Å². The molecule has 0 radical (unpaired) electrons. The van der Waals surface area contributed by atoms with Crippen LogP contribution in [-0.4, -0.2) is 37.4 Å². The van der Waals surface area contributed by atoms with Crippen LogP contribution in [0.2, 0.25) is 0 Å². The molecule has 1 N–H and O–H groups in total. The standard InChI is InChI=1S/C13H18N4/c1-14-8-5-9-17(2)13-10-15-16-12-7-4-3-6-11(12)13/h3-4,6-7,10,14H,5,8-9H2,1-2H3. The van der Waals surface area contributed by atoms with Gasteiger partial charge in [0, 0.05) is 19.0 Å². The van der Waals surface area contributed by atoms with E-state index in [-0.39, 0.29) is 0 Å². The number of rotatable bonds is 5. The zero-order valence-corrected chi connectivity index (χ0v) is 10.3. The summed E-state index contributed by atoms with van der Waals surface area (Å²) in [4.78, 5) is 2.23. The highest BCUT2D eigenvalue weighted by molar-refractivity contribution is 5.90. The molecule has 90 valence electrons. The van der Waals surface area contributed by atoms with Crippen LogP contribution in [-0.2, 0) is 0 Å². The Hall–Kier alpha value is -1.68. The molecule has 4 heteroatoms. The number of aromatic nitrogens is 2. The van der Waals surface area contributed by atoms with Crippen LogP contribution in [0, 0.1) is 0 Å². The van der Waals surface area contributed by atoms with Gasteiger partial charge in [0.15, 0.2) is 0 Å². The molecule has 0 fully saturated rings. The number of fused-ring (bicyclic) bond motifs is 1. The summed E-state index contributed by atoms with van der Waals surface area (Å²) < 4.78 is 0. The number of nitrogens with one attached hydrogen (secondary N) is 1. The van der Waals surface area contributed by atoms with Gasteiger partial charge in [0.25, 0.3) is 0 Å². The summed E-state index contributed by atoms with van der Waals surface area (Å²) in [5.74, 6) is 0. The maximum atomic E-state index is 4.13. The molecular formula is C13H18N4. The predicted octanol–water partition coefficient (Wildman–Crippen LogP) is 1.68. The minimum Gasteiger partial charge on any atom is -0.373 e. The fourth-order valence-corrected chi connectivity index (χ4v) is 1.91. The van der Waals surface area contributed by atoms with E-state index in [0.717, 1.165) is 36.1 Å².